The standard InChI is InChI=1S/C33H37ClF3N7O2/c1-5-20-14-44-28(16(2)39-20)17(3)46-30-24-27(26(37)23(25(30)34)22-21(36)8-7-18-12-38-42(4)29(18)22)40-32(41-31(24)44)45-15-33-9-6-10-43(33)13-19(35)11-33/h7-8,12,16-17,19-20,28,39H,5-6,9-11,13-15H2,1-4H3/t16-,17-,19+,20+,28-,33-/m0/s1. The molecule has 6 heterocycles. The Labute approximate surface area is 270 Å². The SMILES string of the molecule is CC[C@@H]1CN2c3nc(OC[C@@]45CCCN4C[C@H](F)C5)nc4c(F)c(-c5c(F)ccc6cnn(C)c56)c(Cl)c(c34)O[C@@H](C)[C@@H]2[C@H](C)N1. The molecule has 2 aromatic heterocycles. The molecule has 6 atom stereocenters. The zero-order valence-corrected chi connectivity index (χ0v) is 27.0. The Morgan fingerprint density at radius 3 is 2.80 bits per heavy atom. The highest BCUT2D eigenvalue weighted by Crippen LogP contribution is 2.51. The van der Waals surface area contributed by atoms with Gasteiger partial charge >= 0.3 is 6.01 Å². The number of alkyl halides is 1. The number of hydrogen-bond acceptors (Lipinski definition) is 8. The Morgan fingerprint density at radius 1 is 1.17 bits per heavy atom. The zero-order valence-electron chi connectivity index (χ0n) is 26.3. The van der Waals surface area contributed by atoms with Crippen LogP contribution in [0.3, 0.4) is 0 Å². The first-order chi connectivity index (χ1) is 22.1. The van der Waals surface area contributed by atoms with Gasteiger partial charge in [-0.05, 0) is 51.8 Å². The van der Waals surface area contributed by atoms with Gasteiger partial charge < -0.3 is 19.7 Å². The molecule has 46 heavy (non-hydrogen) atoms. The third-order valence-corrected chi connectivity index (χ3v) is 11.0. The van der Waals surface area contributed by atoms with Crippen molar-refractivity contribution in [3.63, 3.8) is 0 Å². The topological polar surface area (TPSA) is 80.6 Å². The van der Waals surface area contributed by atoms with Crippen LogP contribution < -0.4 is 19.7 Å². The van der Waals surface area contributed by atoms with Crippen LogP contribution in [0.15, 0.2) is 18.3 Å². The minimum absolute atomic E-state index is 0.00737. The molecule has 244 valence electrons. The van der Waals surface area contributed by atoms with Gasteiger partial charge in [0, 0.05) is 55.2 Å². The van der Waals surface area contributed by atoms with Gasteiger partial charge in [-0.1, -0.05) is 18.5 Å². The molecule has 4 aliphatic heterocycles. The molecule has 1 N–H and O–H groups in total. The van der Waals surface area contributed by atoms with E-state index >= 15 is 8.78 Å². The van der Waals surface area contributed by atoms with Gasteiger partial charge in [-0.15, -0.1) is 0 Å². The van der Waals surface area contributed by atoms with E-state index < -0.39 is 29.4 Å². The molecular weight excluding hydrogens is 619 g/mol. The average Bonchev–Trinajstić information content (AvgIpc) is 3.66. The number of ether oxygens (including phenoxy) is 2. The normalized spacial score (nSPS) is 29.2. The molecule has 0 unspecified atom stereocenters. The van der Waals surface area contributed by atoms with Crippen LogP contribution in [0.5, 0.6) is 11.8 Å². The summed E-state index contributed by atoms with van der Waals surface area (Å²) < 4.78 is 61.9. The van der Waals surface area contributed by atoms with Gasteiger partial charge in [-0.25, -0.2) is 13.2 Å². The molecule has 2 aromatic carbocycles. The number of halogens is 4. The Morgan fingerprint density at radius 2 is 2.00 bits per heavy atom. The van der Waals surface area contributed by atoms with E-state index in [9.17, 15) is 4.39 Å². The van der Waals surface area contributed by atoms with Crippen molar-refractivity contribution < 1.29 is 22.6 Å². The minimum atomic E-state index is -0.923. The van der Waals surface area contributed by atoms with Crippen LogP contribution >= 0.6 is 11.6 Å². The predicted molar refractivity (Wildman–Crippen MR) is 171 cm³/mol. The van der Waals surface area contributed by atoms with Crippen LogP contribution in [0.1, 0.15) is 46.5 Å². The Bertz CT molecular complexity index is 1870. The zero-order chi connectivity index (χ0) is 32.1. The third kappa shape index (κ3) is 4.39. The summed E-state index contributed by atoms with van der Waals surface area (Å²) in [5.41, 5.74) is -0.317. The molecule has 3 fully saturated rings. The lowest BCUT2D eigenvalue weighted by atomic mass is 9.95. The predicted octanol–water partition coefficient (Wildman–Crippen LogP) is 5.80. The maximum Gasteiger partial charge on any atom is 0.319 e. The van der Waals surface area contributed by atoms with E-state index in [1.54, 1.807) is 19.3 Å². The molecule has 0 amide bonds. The highest BCUT2D eigenvalue weighted by molar-refractivity contribution is 6.37. The number of aromatic nitrogens is 4. The van der Waals surface area contributed by atoms with Crippen molar-refractivity contribution in [2.45, 2.75) is 82.4 Å². The Kier molecular flexibility index (Phi) is 7.08. The van der Waals surface area contributed by atoms with E-state index in [2.05, 4.69) is 39.0 Å². The maximum absolute atomic E-state index is 17.2. The number of aryl methyl sites for hydroxylation is 1. The van der Waals surface area contributed by atoms with E-state index in [1.165, 1.54) is 10.7 Å². The highest BCUT2D eigenvalue weighted by Gasteiger charge is 2.50. The number of benzene rings is 2. The molecule has 0 bridgehead atoms. The van der Waals surface area contributed by atoms with E-state index in [1.807, 2.05) is 6.92 Å². The van der Waals surface area contributed by atoms with Gasteiger partial charge in [-0.2, -0.15) is 15.1 Å². The van der Waals surface area contributed by atoms with Gasteiger partial charge in [-0.3, -0.25) is 9.58 Å². The highest BCUT2D eigenvalue weighted by atomic mass is 35.5. The van der Waals surface area contributed by atoms with Crippen LogP contribution in [-0.4, -0.2) is 86.8 Å². The van der Waals surface area contributed by atoms with Gasteiger partial charge in [0.05, 0.1) is 33.7 Å². The smallest absolute Gasteiger partial charge is 0.319 e. The molecular formula is C33H37ClF3N7O2. The molecule has 3 saturated heterocycles. The van der Waals surface area contributed by atoms with Crippen molar-refractivity contribution in [1.29, 1.82) is 0 Å². The molecule has 8 rings (SSSR count). The summed E-state index contributed by atoms with van der Waals surface area (Å²) >= 11 is 7.09. The van der Waals surface area contributed by atoms with E-state index in [4.69, 9.17) is 26.1 Å². The molecule has 4 aliphatic rings. The van der Waals surface area contributed by atoms with Crippen LogP contribution in [0.4, 0.5) is 19.0 Å². The molecule has 0 radical (unpaired) electrons. The van der Waals surface area contributed by atoms with Crippen molar-refractivity contribution in [2.75, 3.05) is 31.1 Å². The fraction of sp³-hybridized carbons (Fsp3) is 0.545. The van der Waals surface area contributed by atoms with E-state index in [-0.39, 0.29) is 58.2 Å². The van der Waals surface area contributed by atoms with Crippen molar-refractivity contribution in [3.8, 4) is 22.9 Å². The lowest BCUT2D eigenvalue weighted by molar-refractivity contribution is 0.107. The second-order valence-corrected chi connectivity index (χ2v) is 13.8. The number of rotatable bonds is 5. The van der Waals surface area contributed by atoms with E-state index in [0.717, 1.165) is 25.8 Å². The first kappa shape index (κ1) is 30.0. The number of hydrogen-bond donors (Lipinski definition) is 1. The quantitative estimate of drug-likeness (QED) is 0.289. The monoisotopic (exact) mass is 655 g/mol. The van der Waals surface area contributed by atoms with Crippen LogP contribution in [-0.2, 0) is 7.05 Å². The van der Waals surface area contributed by atoms with Crippen LogP contribution in [0.25, 0.3) is 32.9 Å². The number of anilines is 1. The summed E-state index contributed by atoms with van der Waals surface area (Å²) in [6.07, 6.45) is 3.28. The number of nitrogens with zero attached hydrogens (tertiary/aromatic N) is 6. The lowest BCUT2D eigenvalue weighted by Gasteiger charge is -2.46. The van der Waals surface area contributed by atoms with E-state index in [0.29, 0.717) is 41.6 Å². The molecule has 0 spiro atoms. The minimum Gasteiger partial charge on any atom is -0.486 e. The first-order valence-electron chi connectivity index (χ1n) is 16.1. The Balaban J connectivity index is 1.36. The average molecular weight is 656 g/mol. The fourth-order valence-corrected chi connectivity index (χ4v) is 8.82. The summed E-state index contributed by atoms with van der Waals surface area (Å²) in [5, 5.41) is 8.85. The summed E-state index contributed by atoms with van der Waals surface area (Å²) in [6, 6.07) is 2.82. The number of nitrogens with one attached hydrogen (secondary N) is 1. The van der Waals surface area contributed by atoms with Gasteiger partial charge in [0.2, 0.25) is 0 Å². The summed E-state index contributed by atoms with van der Waals surface area (Å²) in [7, 11) is 1.67. The van der Waals surface area contributed by atoms with Gasteiger partial charge in [0.1, 0.15) is 36.0 Å². The first-order valence-corrected chi connectivity index (χ1v) is 16.5. The largest absolute Gasteiger partial charge is 0.486 e. The number of fused-ring (bicyclic) bond motifs is 4. The van der Waals surface area contributed by atoms with Gasteiger partial charge in [0.15, 0.2) is 11.6 Å². The third-order valence-electron chi connectivity index (χ3n) is 10.6. The second kappa shape index (κ2) is 10.8. The second-order valence-electron chi connectivity index (χ2n) is 13.4. The van der Waals surface area contributed by atoms with Crippen molar-refractivity contribution in [3.05, 3.63) is 35.0 Å². The molecule has 0 aliphatic carbocycles. The molecule has 0 saturated carbocycles. The van der Waals surface area contributed by atoms with Crippen molar-refractivity contribution >= 4 is 39.2 Å². The lowest BCUT2D eigenvalue weighted by Crippen LogP contribution is -2.65. The molecule has 9 nitrogen and oxygen atoms in total. The summed E-state index contributed by atoms with van der Waals surface area (Å²) in [5.74, 6) is -0.801. The Hall–Kier alpha value is -3.35. The molecule has 4 aromatic rings. The summed E-state index contributed by atoms with van der Waals surface area (Å²) in [6.45, 7) is 8.13. The molecule has 13 heteroatoms. The number of piperazine rings is 1. The van der Waals surface area contributed by atoms with Gasteiger partial charge in [0.25, 0.3) is 0 Å². The van der Waals surface area contributed by atoms with Crippen molar-refractivity contribution in [2.24, 2.45) is 7.05 Å². The fourth-order valence-electron chi connectivity index (χ4n) is 8.51. The maximum atomic E-state index is 17.2. The van der Waals surface area contributed by atoms with Crippen LogP contribution in [0, 0.1) is 11.6 Å². The summed E-state index contributed by atoms with van der Waals surface area (Å²) in [4.78, 5) is 13.9. The van der Waals surface area contributed by atoms with Crippen LogP contribution in [0.2, 0.25) is 5.02 Å². The van der Waals surface area contributed by atoms with Crippen molar-refractivity contribution in [1.82, 2.24) is 30.0 Å².